The molecule has 0 aromatic heterocycles. The zero-order valence-electron chi connectivity index (χ0n) is 7.02. The summed E-state index contributed by atoms with van der Waals surface area (Å²) >= 11 is 0. The van der Waals surface area contributed by atoms with Crippen molar-refractivity contribution < 1.29 is 8.42 Å². The van der Waals surface area contributed by atoms with Crippen LogP contribution in [0.2, 0.25) is 0 Å². The first-order valence-corrected chi connectivity index (χ1v) is 4.43. The fourth-order valence-corrected chi connectivity index (χ4v) is 1.32. The SMILES string of the molecule is CC(N)CN(N(C)C)[SH](=O)=O. The molecule has 0 aromatic rings. The summed E-state index contributed by atoms with van der Waals surface area (Å²) in [5.41, 5.74) is 5.43. The maximum absolute atomic E-state index is 10.5. The van der Waals surface area contributed by atoms with Crippen molar-refractivity contribution in [1.82, 2.24) is 9.42 Å². The van der Waals surface area contributed by atoms with Crippen LogP contribution in [-0.2, 0) is 10.9 Å². The van der Waals surface area contributed by atoms with Crippen molar-refractivity contribution in [3.8, 4) is 0 Å². The third-order valence-corrected chi connectivity index (χ3v) is 2.00. The Labute approximate surface area is 68.8 Å². The number of hydrazine groups is 1. The van der Waals surface area contributed by atoms with Gasteiger partial charge in [-0.3, -0.25) is 0 Å². The van der Waals surface area contributed by atoms with E-state index in [9.17, 15) is 8.42 Å². The Bertz CT molecular complexity index is 171. The molecule has 11 heavy (non-hydrogen) atoms. The number of thiol groups is 1. The summed E-state index contributed by atoms with van der Waals surface area (Å²) in [7, 11) is 0.764. The van der Waals surface area contributed by atoms with Gasteiger partial charge in [-0.25, -0.2) is 13.4 Å². The molecule has 0 radical (unpaired) electrons. The fourth-order valence-electron chi connectivity index (χ4n) is 0.634. The van der Waals surface area contributed by atoms with Crippen LogP contribution in [0.1, 0.15) is 6.92 Å². The van der Waals surface area contributed by atoms with Gasteiger partial charge in [0.15, 0.2) is 0 Å². The second kappa shape index (κ2) is 4.66. The number of hydrogen-bond donors (Lipinski definition) is 2. The average molecular weight is 181 g/mol. The van der Waals surface area contributed by atoms with E-state index in [4.69, 9.17) is 5.73 Å². The molecule has 6 heteroatoms. The molecule has 0 rings (SSSR count). The quantitative estimate of drug-likeness (QED) is 0.415. The van der Waals surface area contributed by atoms with Crippen LogP contribution < -0.4 is 5.73 Å². The summed E-state index contributed by atoms with van der Waals surface area (Å²) in [4.78, 5) is 0. The molecule has 0 fully saturated rings. The third kappa shape index (κ3) is 4.31. The molecule has 1 atom stereocenters. The molecule has 5 nitrogen and oxygen atoms in total. The van der Waals surface area contributed by atoms with Crippen molar-refractivity contribution in [3.05, 3.63) is 0 Å². The van der Waals surface area contributed by atoms with E-state index in [1.165, 1.54) is 9.42 Å². The van der Waals surface area contributed by atoms with Crippen LogP contribution in [0.4, 0.5) is 0 Å². The van der Waals surface area contributed by atoms with Crippen LogP contribution in [-0.4, -0.2) is 44.5 Å². The Hall–Kier alpha value is -0.170. The summed E-state index contributed by atoms with van der Waals surface area (Å²) in [5.74, 6) is 0. The van der Waals surface area contributed by atoms with E-state index < -0.39 is 10.9 Å². The number of hydrogen-bond acceptors (Lipinski definition) is 4. The van der Waals surface area contributed by atoms with E-state index in [1.807, 2.05) is 0 Å². The van der Waals surface area contributed by atoms with Crippen molar-refractivity contribution in [2.24, 2.45) is 5.73 Å². The molecule has 0 saturated heterocycles. The van der Waals surface area contributed by atoms with Crippen molar-refractivity contribution in [1.29, 1.82) is 0 Å². The van der Waals surface area contributed by atoms with Crippen LogP contribution in [0.5, 0.6) is 0 Å². The van der Waals surface area contributed by atoms with Gasteiger partial charge in [0.25, 0.3) is 0 Å². The lowest BCUT2D eigenvalue weighted by Gasteiger charge is -2.23. The third-order valence-electron chi connectivity index (χ3n) is 1.10. The van der Waals surface area contributed by atoms with Crippen LogP contribution in [0.25, 0.3) is 0 Å². The van der Waals surface area contributed by atoms with Crippen LogP contribution in [0.3, 0.4) is 0 Å². The highest BCUT2D eigenvalue weighted by Gasteiger charge is 2.10. The maximum atomic E-state index is 10.5. The van der Waals surface area contributed by atoms with Gasteiger partial charge in [-0.05, 0) is 6.92 Å². The lowest BCUT2D eigenvalue weighted by atomic mass is 10.4. The first-order valence-electron chi connectivity index (χ1n) is 3.29. The number of nitrogens with zero attached hydrogens (tertiary/aromatic N) is 2. The van der Waals surface area contributed by atoms with Crippen molar-refractivity contribution in [2.45, 2.75) is 13.0 Å². The predicted molar refractivity (Wildman–Crippen MR) is 44.4 cm³/mol. The van der Waals surface area contributed by atoms with E-state index in [1.54, 1.807) is 21.0 Å². The van der Waals surface area contributed by atoms with Crippen LogP contribution >= 0.6 is 0 Å². The zero-order chi connectivity index (χ0) is 9.02. The molecule has 0 heterocycles. The van der Waals surface area contributed by atoms with Crippen molar-refractivity contribution >= 4 is 10.9 Å². The Morgan fingerprint density at radius 1 is 1.45 bits per heavy atom. The lowest BCUT2D eigenvalue weighted by molar-refractivity contribution is 0.126. The van der Waals surface area contributed by atoms with Gasteiger partial charge in [0.1, 0.15) is 0 Å². The first kappa shape index (κ1) is 10.8. The average Bonchev–Trinajstić information content (AvgIpc) is 1.81. The summed E-state index contributed by atoms with van der Waals surface area (Å²) < 4.78 is 22.3. The second-order valence-electron chi connectivity index (χ2n) is 2.62. The smallest absolute Gasteiger partial charge is 0.216 e. The minimum Gasteiger partial charge on any atom is -0.327 e. The number of rotatable bonds is 4. The van der Waals surface area contributed by atoms with Crippen LogP contribution in [0, 0.1) is 0 Å². The highest BCUT2D eigenvalue weighted by Crippen LogP contribution is 1.92. The first-order chi connectivity index (χ1) is 4.95. The van der Waals surface area contributed by atoms with Crippen molar-refractivity contribution in [3.63, 3.8) is 0 Å². The van der Waals surface area contributed by atoms with Gasteiger partial charge in [0.05, 0.1) is 0 Å². The highest BCUT2D eigenvalue weighted by molar-refractivity contribution is 7.69. The molecule has 0 aliphatic rings. The van der Waals surface area contributed by atoms with Gasteiger partial charge in [0, 0.05) is 26.7 Å². The molecular weight excluding hydrogens is 166 g/mol. The van der Waals surface area contributed by atoms with Gasteiger partial charge in [0.2, 0.25) is 10.9 Å². The summed E-state index contributed by atoms with van der Waals surface area (Å²) in [6.45, 7) is 2.08. The van der Waals surface area contributed by atoms with E-state index in [0.29, 0.717) is 6.54 Å². The Balaban J connectivity index is 4.12. The van der Waals surface area contributed by atoms with E-state index in [2.05, 4.69) is 0 Å². The van der Waals surface area contributed by atoms with Gasteiger partial charge in [-0.2, -0.15) is 0 Å². The second-order valence-corrected chi connectivity index (χ2v) is 3.55. The standard InChI is InChI=1S/C5H15N3O2S/c1-5(6)4-8(7(2)3)11(9)10/h5,11H,4,6H2,1-3H3. The molecule has 0 amide bonds. The lowest BCUT2D eigenvalue weighted by Crippen LogP contribution is -2.42. The van der Waals surface area contributed by atoms with Gasteiger partial charge in [-0.15, -0.1) is 4.41 Å². The highest BCUT2D eigenvalue weighted by atomic mass is 32.2. The summed E-state index contributed by atoms with van der Waals surface area (Å²) in [6.07, 6.45) is 0. The summed E-state index contributed by atoms with van der Waals surface area (Å²) in [6, 6.07) is -0.148. The topological polar surface area (TPSA) is 66.6 Å². The summed E-state index contributed by atoms with van der Waals surface area (Å²) in [5, 5.41) is 1.50. The van der Waals surface area contributed by atoms with Crippen LogP contribution in [0.15, 0.2) is 0 Å². The van der Waals surface area contributed by atoms with E-state index in [0.717, 1.165) is 0 Å². The van der Waals surface area contributed by atoms with Gasteiger partial charge in [-0.1, -0.05) is 0 Å². The Morgan fingerprint density at radius 2 is 1.91 bits per heavy atom. The fraction of sp³-hybridized carbons (Fsp3) is 1.00. The van der Waals surface area contributed by atoms with Gasteiger partial charge >= 0.3 is 0 Å². The largest absolute Gasteiger partial charge is 0.327 e. The molecule has 2 N–H and O–H groups in total. The minimum absolute atomic E-state index is 0.148. The molecule has 0 bridgehead atoms. The predicted octanol–water partition coefficient (Wildman–Crippen LogP) is -1.36. The molecule has 0 saturated carbocycles. The molecule has 68 valence electrons. The maximum Gasteiger partial charge on any atom is 0.216 e. The molecule has 0 aromatic carbocycles. The zero-order valence-corrected chi connectivity index (χ0v) is 7.91. The molecule has 0 spiro atoms. The molecule has 0 aliphatic heterocycles. The monoisotopic (exact) mass is 181 g/mol. The van der Waals surface area contributed by atoms with E-state index in [-0.39, 0.29) is 6.04 Å². The molecular formula is C5H15N3O2S. The minimum atomic E-state index is -2.56. The number of nitrogens with two attached hydrogens (primary N) is 1. The Kier molecular flexibility index (Phi) is 4.58. The normalized spacial score (nSPS) is 14.8. The van der Waals surface area contributed by atoms with E-state index >= 15 is 0 Å². The van der Waals surface area contributed by atoms with Gasteiger partial charge < -0.3 is 5.73 Å². The van der Waals surface area contributed by atoms with Crippen molar-refractivity contribution in [2.75, 3.05) is 20.6 Å². The molecule has 1 unspecified atom stereocenters. The molecule has 0 aliphatic carbocycles. The Morgan fingerprint density at radius 3 is 2.00 bits per heavy atom.